The lowest BCUT2D eigenvalue weighted by Gasteiger charge is -2.07. The molecule has 0 saturated carbocycles. The maximum absolute atomic E-state index is 11.7. The molecule has 4 nitrogen and oxygen atoms in total. The predicted molar refractivity (Wildman–Crippen MR) is 98.9 cm³/mol. The van der Waals surface area contributed by atoms with Gasteiger partial charge < -0.3 is 14.6 Å². The molecule has 0 aliphatic heterocycles. The maximum atomic E-state index is 11.7. The molecule has 4 heteroatoms. The molecule has 0 radical (unpaired) electrons. The summed E-state index contributed by atoms with van der Waals surface area (Å²) in [5.41, 5.74) is 1.96. The van der Waals surface area contributed by atoms with E-state index >= 15 is 0 Å². The van der Waals surface area contributed by atoms with Crippen LogP contribution in [0.4, 0.5) is 4.79 Å². The molecule has 0 heterocycles. The van der Waals surface area contributed by atoms with E-state index in [-0.39, 0.29) is 5.75 Å². The number of carbonyl (C=O) groups excluding carboxylic acids is 1. The van der Waals surface area contributed by atoms with E-state index in [2.05, 4.69) is 6.92 Å². The quantitative estimate of drug-likeness (QED) is 0.348. The maximum Gasteiger partial charge on any atom is 0.513 e. The number of rotatable bonds is 9. The predicted octanol–water partition coefficient (Wildman–Crippen LogP) is 5.94. The minimum Gasteiger partial charge on any atom is -0.508 e. The van der Waals surface area contributed by atoms with Crippen molar-refractivity contribution in [1.29, 1.82) is 0 Å². The summed E-state index contributed by atoms with van der Waals surface area (Å²) in [7, 11) is 0. The molecule has 134 valence electrons. The second kappa shape index (κ2) is 10.4. The number of benzene rings is 2. The number of hydrogen-bond acceptors (Lipinski definition) is 4. The van der Waals surface area contributed by atoms with Crippen LogP contribution in [0.3, 0.4) is 0 Å². The number of aromatic hydroxyl groups is 1. The van der Waals surface area contributed by atoms with Crippen LogP contribution in [-0.2, 0) is 4.74 Å². The highest BCUT2D eigenvalue weighted by Gasteiger charge is 2.06. The van der Waals surface area contributed by atoms with E-state index in [0.717, 1.165) is 24.0 Å². The summed E-state index contributed by atoms with van der Waals surface area (Å²) in [4.78, 5) is 11.7. The van der Waals surface area contributed by atoms with Gasteiger partial charge >= 0.3 is 6.16 Å². The van der Waals surface area contributed by atoms with Gasteiger partial charge in [0.15, 0.2) is 0 Å². The van der Waals surface area contributed by atoms with Crippen molar-refractivity contribution in [2.24, 2.45) is 0 Å². The number of phenols is 1. The van der Waals surface area contributed by atoms with E-state index in [9.17, 15) is 9.90 Å². The summed E-state index contributed by atoms with van der Waals surface area (Å²) < 4.78 is 10.3. The van der Waals surface area contributed by atoms with E-state index in [1.165, 1.54) is 25.7 Å². The van der Waals surface area contributed by atoms with Gasteiger partial charge in [0.1, 0.15) is 11.5 Å². The van der Waals surface area contributed by atoms with Crippen molar-refractivity contribution in [2.75, 3.05) is 6.61 Å². The lowest BCUT2D eigenvalue weighted by atomic mass is 10.1. The Labute approximate surface area is 149 Å². The standard InChI is InChI=1S/C21H26O4/c1-2-3-4-5-6-7-16-24-21(23)25-20-14-10-18(11-15-20)17-8-12-19(22)13-9-17/h8-15,22H,2-7,16H2,1H3. The first kappa shape index (κ1) is 18.8. The van der Waals surface area contributed by atoms with Gasteiger partial charge in [-0.25, -0.2) is 4.79 Å². The first-order chi connectivity index (χ1) is 12.2. The Bertz CT molecular complexity index is 632. The summed E-state index contributed by atoms with van der Waals surface area (Å²) in [6.07, 6.45) is 6.22. The van der Waals surface area contributed by atoms with Crippen LogP contribution >= 0.6 is 0 Å². The fourth-order valence-electron chi connectivity index (χ4n) is 2.53. The topological polar surface area (TPSA) is 55.8 Å². The van der Waals surface area contributed by atoms with Gasteiger partial charge in [-0.1, -0.05) is 63.3 Å². The molecular weight excluding hydrogens is 316 g/mol. The minimum atomic E-state index is -0.661. The Morgan fingerprint density at radius 2 is 1.40 bits per heavy atom. The molecule has 0 aliphatic carbocycles. The molecule has 0 aromatic heterocycles. The molecule has 0 unspecified atom stereocenters. The molecule has 0 bridgehead atoms. The van der Waals surface area contributed by atoms with Crippen LogP contribution in [0.1, 0.15) is 45.4 Å². The fourth-order valence-corrected chi connectivity index (χ4v) is 2.53. The first-order valence-corrected chi connectivity index (χ1v) is 8.93. The highest BCUT2D eigenvalue weighted by Crippen LogP contribution is 2.24. The fraction of sp³-hybridized carbons (Fsp3) is 0.381. The molecule has 0 spiro atoms. The first-order valence-electron chi connectivity index (χ1n) is 8.93. The molecule has 2 aromatic carbocycles. The Hall–Kier alpha value is -2.49. The zero-order valence-electron chi connectivity index (χ0n) is 14.7. The number of hydrogen-bond donors (Lipinski definition) is 1. The van der Waals surface area contributed by atoms with Gasteiger partial charge in [-0.3, -0.25) is 0 Å². The van der Waals surface area contributed by atoms with Crippen molar-refractivity contribution in [2.45, 2.75) is 45.4 Å². The minimum absolute atomic E-state index is 0.233. The Kier molecular flexibility index (Phi) is 7.83. The average molecular weight is 342 g/mol. The molecule has 25 heavy (non-hydrogen) atoms. The van der Waals surface area contributed by atoms with Gasteiger partial charge in [-0.2, -0.15) is 0 Å². The SMILES string of the molecule is CCCCCCCCOC(=O)Oc1ccc(-c2ccc(O)cc2)cc1. The van der Waals surface area contributed by atoms with Crippen molar-refractivity contribution < 1.29 is 19.4 Å². The highest BCUT2D eigenvalue weighted by atomic mass is 16.7. The van der Waals surface area contributed by atoms with Crippen molar-refractivity contribution in [3.63, 3.8) is 0 Å². The number of ether oxygens (including phenoxy) is 2. The summed E-state index contributed by atoms with van der Waals surface area (Å²) in [6, 6.07) is 14.1. The van der Waals surface area contributed by atoms with Crippen molar-refractivity contribution in [3.8, 4) is 22.6 Å². The molecule has 0 aliphatic rings. The van der Waals surface area contributed by atoms with Crippen LogP contribution < -0.4 is 4.74 Å². The number of unbranched alkanes of at least 4 members (excludes halogenated alkanes) is 5. The van der Waals surface area contributed by atoms with Crippen LogP contribution in [-0.4, -0.2) is 17.9 Å². The molecular formula is C21H26O4. The summed E-state index contributed by atoms with van der Waals surface area (Å²) in [5.74, 6) is 0.687. The molecule has 2 aromatic rings. The third-order valence-corrected chi connectivity index (χ3v) is 3.97. The van der Waals surface area contributed by atoms with Gasteiger partial charge in [-0.05, 0) is 41.8 Å². The molecule has 1 N–H and O–H groups in total. The molecule has 0 saturated heterocycles. The second-order valence-corrected chi connectivity index (χ2v) is 6.04. The van der Waals surface area contributed by atoms with Gasteiger partial charge in [0.05, 0.1) is 6.61 Å². The largest absolute Gasteiger partial charge is 0.513 e. The summed E-state index contributed by atoms with van der Waals surface area (Å²) >= 11 is 0. The van der Waals surface area contributed by atoms with Crippen LogP contribution in [0.15, 0.2) is 48.5 Å². The third-order valence-electron chi connectivity index (χ3n) is 3.97. The van der Waals surface area contributed by atoms with E-state index in [4.69, 9.17) is 9.47 Å². The highest BCUT2D eigenvalue weighted by molar-refractivity contribution is 5.67. The molecule has 0 amide bonds. The Morgan fingerprint density at radius 3 is 2.04 bits per heavy atom. The molecule has 0 fully saturated rings. The second-order valence-electron chi connectivity index (χ2n) is 6.04. The van der Waals surface area contributed by atoms with Crippen LogP contribution in [0.2, 0.25) is 0 Å². The van der Waals surface area contributed by atoms with Crippen molar-refractivity contribution in [3.05, 3.63) is 48.5 Å². The molecule has 0 atom stereocenters. The van der Waals surface area contributed by atoms with Gasteiger partial charge in [-0.15, -0.1) is 0 Å². The summed E-state index contributed by atoms with van der Waals surface area (Å²) in [5, 5.41) is 9.32. The Morgan fingerprint density at radius 1 is 0.840 bits per heavy atom. The van der Waals surface area contributed by atoms with Gasteiger partial charge in [0.2, 0.25) is 0 Å². The number of carbonyl (C=O) groups is 1. The average Bonchev–Trinajstić information content (AvgIpc) is 2.62. The zero-order chi connectivity index (χ0) is 17.9. The van der Waals surface area contributed by atoms with E-state index < -0.39 is 6.16 Å². The van der Waals surface area contributed by atoms with Crippen LogP contribution in [0, 0.1) is 0 Å². The van der Waals surface area contributed by atoms with Crippen LogP contribution in [0.25, 0.3) is 11.1 Å². The van der Waals surface area contributed by atoms with Gasteiger partial charge in [0, 0.05) is 0 Å². The van der Waals surface area contributed by atoms with Crippen molar-refractivity contribution >= 4 is 6.16 Å². The van der Waals surface area contributed by atoms with E-state index in [0.29, 0.717) is 12.4 Å². The normalized spacial score (nSPS) is 10.4. The zero-order valence-corrected chi connectivity index (χ0v) is 14.7. The number of phenolic OH excluding ortho intramolecular Hbond substituents is 1. The van der Waals surface area contributed by atoms with E-state index in [1.807, 2.05) is 24.3 Å². The lowest BCUT2D eigenvalue weighted by Crippen LogP contribution is -2.11. The monoisotopic (exact) mass is 342 g/mol. The third kappa shape index (κ3) is 6.87. The van der Waals surface area contributed by atoms with Crippen LogP contribution in [0.5, 0.6) is 11.5 Å². The molecule has 2 rings (SSSR count). The van der Waals surface area contributed by atoms with Crippen molar-refractivity contribution in [1.82, 2.24) is 0 Å². The smallest absolute Gasteiger partial charge is 0.508 e. The van der Waals surface area contributed by atoms with Gasteiger partial charge in [0.25, 0.3) is 0 Å². The summed E-state index contributed by atoms with van der Waals surface area (Å²) in [6.45, 7) is 2.59. The Balaban J connectivity index is 1.71. The van der Waals surface area contributed by atoms with E-state index in [1.54, 1.807) is 24.3 Å². The lowest BCUT2D eigenvalue weighted by molar-refractivity contribution is 0.0973.